The summed E-state index contributed by atoms with van der Waals surface area (Å²) in [5, 5.41) is 11.7. The molecule has 0 aliphatic carbocycles. The minimum absolute atomic E-state index is 0.129. The molecule has 1 amide bonds. The number of nitrogens with zero attached hydrogens (tertiary/aromatic N) is 2. The van der Waals surface area contributed by atoms with Crippen molar-refractivity contribution in [1.82, 2.24) is 4.90 Å². The molecule has 3 N–H and O–H groups in total. The van der Waals surface area contributed by atoms with E-state index in [1.165, 1.54) is 18.2 Å². The van der Waals surface area contributed by atoms with Gasteiger partial charge in [0.15, 0.2) is 0 Å². The van der Waals surface area contributed by atoms with E-state index in [2.05, 4.69) is 5.16 Å². The van der Waals surface area contributed by atoms with Gasteiger partial charge in [0, 0.05) is 22.6 Å². The third kappa shape index (κ3) is 3.20. The molecular weight excluding hydrogens is 376 g/mol. The minimum atomic E-state index is -0.362. The molecule has 0 saturated carbocycles. The Balaban J connectivity index is 2.16. The number of amides is 1. The van der Waals surface area contributed by atoms with Crippen LogP contribution in [0.4, 0.5) is 4.39 Å². The van der Waals surface area contributed by atoms with Gasteiger partial charge in [-0.1, -0.05) is 5.16 Å². The SMILES string of the molecule is N/C(=N/O)C1CCCN(C(=O)c2ccc(F)cc2I)C1. The monoisotopic (exact) mass is 391 g/mol. The molecule has 1 aliphatic heterocycles. The Morgan fingerprint density at radius 3 is 2.95 bits per heavy atom. The summed E-state index contributed by atoms with van der Waals surface area (Å²) >= 11 is 1.95. The molecule has 0 aromatic heterocycles. The second kappa shape index (κ2) is 6.38. The number of rotatable bonds is 2. The Labute approximate surface area is 129 Å². The lowest BCUT2D eigenvalue weighted by atomic mass is 9.96. The zero-order chi connectivity index (χ0) is 14.7. The lowest BCUT2D eigenvalue weighted by Gasteiger charge is -2.32. The van der Waals surface area contributed by atoms with E-state index in [0.29, 0.717) is 22.2 Å². The van der Waals surface area contributed by atoms with Crippen molar-refractivity contribution in [2.75, 3.05) is 13.1 Å². The van der Waals surface area contributed by atoms with Crippen molar-refractivity contribution < 1.29 is 14.4 Å². The molecule has 1 heterocycles. The molecule has 1 aliphatic rings. The van der Waals surface area contributed by atoms with Crippen molar-refractivity contribution in [2.24, 2.45) is 16.8 Å². The zero-order valence-corrected chi connectivity index (χ0v) is 12.9. The molecule has 0 spiro atoms. The van der Waals surface area contributed by atoms with Gasteiger partial charge in [-0.15, -0.1) is 0 Å². The first-order valence-corrected chi connectivity index (χ1v) is 7.32. The molecule has 1 aromatic carbocycles. The molecule has 1 aromatic rings. The van der Waals surface area contributed by atoms with Gasteiger partial charge in [0.2, 0.25) is 0 Å². The van der Waals surface area contributed by atoms with E-state index in [4.69, 9.17) is 10.9 Å². The summed E-state index contributed by atoms with van der Waals surface area (Å²) < 4.78 is 13.7. The van der Waals surface area contributed by atoms with Crippen LogP contribution in [0.25, 0.3) is 0 Å². The molecule has 5 nitrogen and oxygen atoms in total. The van der Waals surface area contributed by atoms with Crippen LogP contribution < -0.4 is 5.73 Å². The summed E-state index contributed by atoms with van der Waals surface area (Å²) in [5.41, 5.74) is 6.09. The van der Waals surface area contributed by atoms with Gasteiger partial charge in [0.05, 0.1) is 5.56 Å². The van der Waals surface area contributed by atoms with E-state index in [0.717, 1.165) is 12.8 Å². The lowest BCUT2D eigenvalue weighted by Crippen LogP contribution is -2.44. The largest absolute Gasteiger partial charge is 0.409 e. The molecule has 20 heavy (non-hydrogen) atoms. The number of amidine groups is 1. The average molecular weight is 391 g/mol. The summed E-state index contributed by atoms with van der Waals surface area (Å²) in [6.07, 6.45) is 1.59. The second-order valence-corrected chi connectivity index (χ2v) is 5.90. The fourth-order valence-electron chi connectivity index (χ4n) is 2.32. The second-order valence-electron chi connectivity index (χ2n) is 4.74. The van der Waals surface area contributed by atoms with Crippen LogP contribution >= 0.6 is 22.6 Å². The number of piperidine rings is 1. The number of nitrogens with two attached hydrogens (primary N) is 1. The Morgan fingerprint density at radius 1 is 1.55 bits per heavy atom. The number of carbonyl (C=O) groups is 1. The third-order valence-electron chi connectivity index (χ3n) is 3.40. The first kappa shape index (κ1) is 15.0. The normalized spacial score (nSPS) is 20.0. The van der Waals surface area contributed by atoms with Gasteiger partial charge in [-0.3, -0.25) is 4.79 Å². The number of oxime groups is 1. The quantitative estimate of drug-likeness (QED) is 0.266. The number of likely N-dealkylation sites (tertiary alicyclic amines) is 1. The van der Waals surface area contributed by atoms with Crippen LogP contribution in [-0.2, 0) is 0 Å². The summed E-state index contributed by atoms with van der Waals surface area (Å²) in [7, 11) is 0. The summed E-state index contributed by atoms with van der Waals surface area (Å²) in [6.45, 7) is 1.05. The van der Waals surface area contributed by atoms with E-state index in [1.807, 2.05) is 22.6 Å². The van der Waals surface area contributed by atoms with E-state index in [-0.39, 0.29) is 23.5 Å². The Bertz CT molecular complexity index is 550. The van der Waals surface area contributed by atoms with Crippen LogP contribution in [0.15, 0.2) is 23.4 Å². The van der Waals surface area contributed by atoms with E-state index >= 15 is 0 Å². The number of benzene rings is 1. The maximum atomic E-state index is 13.1. The first-order valence-electron chi connectivity index (χ1n) is 6.24. The number of hydrogen-bond acceptors (Lipinski definition) is 3. The first-order chi connectivity index (χ1) is 9.52. The number of hydrogen-bond donors (Lipinski definition) is 2. The van der Waals surface area contributed by atoms with Crippen LogP contribution in [0.2, 0.25) is 0 Å². The maximum absolute atomic E-state index is 13.1. The fourth-order valence-corrected chi connectivity index (χ4v) is 3.03. The van der Waals surface area contributed by atoms with Crippen LogP contribution in [0, 0.1) is 15.3 Å². The lowest BCUT2D eigenvalue weighted by molar-refractivity contribution is 0.0700. The van der Waals surface area contributed by atoms with Gasteiger partial charge in [-0.25, -0.2) is 4.39 Å². The number of carbonyl (C=O) groups excluding carboxylic acids is 1. The highest BCUT2D eigenvalue weighted by molar-refractivity contribution is 14.1. The van der Waals surface area contributed by atoms with E-state index in [1.54, 1.807) is 4.90 Å². The van der Waals surface area contributed by atoms with Crippen LogP contribution in [0.1, 0.15) is 23.2 Å². The summed E-state index contributed by atoms with van der Waals surface area (Å²) in [5.74, 6) is -0.490. The Kier molecular flexibility index (Phi) is 4.79. The fraction of sp³-hybridized carbons (Fsp3) is 0.385. The van der Waals surface area contributed by atoms with Crippen molar-refractivity contribution in [3.63, 3.8) is 0 Å². The molecule has 1 unspecified atom stereocenters. The van der Waals surface area contributed by atoms with Crippen molar-refractivity contribution in [1.29, 1.82) is 0 Å². The molecule has 1 saturated heterocycles. The maximum Gasteiger partial charge on any atom is 0.254 e. The van der Waals surface area contributed by atoms with Crippen molar-refractivity contribution in [2.45, 2.75) is 12.8 Å². The van der Waals surface area contributed by atoms with Gasteiger partial charge in [-0.05, 0) is 53.6 Å². The number of halogens is 2. The predicted octanol–water partition coefficient (Wildman–Crippen LogP) is 2.03. The van der Waals surface area contributed by atoms with E-state index in [9.17, 15) is 9.18 Å². The average Bonchev–Trinajstić information content (AvgIpc) is 2.46. The molecule has 1 fully saturated rings. The zero-order valence-electron chi connectivity index (χ0n) is 10.7. The highest BCUT2D eigenvalue weighted by Gasteiger charge is 2.27. The molecular formula is C13H15FIN3O2. The smallest absolute Gasteiger partial charge is 0.254 e. The standard InChI is InChI=1S/C13H15FIN3O2/c14-9-3-4-10(11(15)6-9)13(19)18-5-1-2-8(7-18)12(16)17-20/h3-4,6,8,20H,1-2,5,7H2,(H2,16,17). The summed E-state index contributed by atoms with van der Waals surface area (Å²) in [4.78, 5) is 14.1. The highest BCUT2D eigenvalue weighted by atomic mass is 127. The topological polar surface area (TPSA) is 78.9 Å². The third-order valence-corrected chi connectivity index (χ3v) is 4.30. The molecule has 2 rings (SSSR count). The molecule has 1 atom stereocenters. The van der Waals surface area contributed by atoms with Crippen molar-refractivity contribution in [3.8, 4) is 0 Å². The highest BCUT2D eigenvalue weighted by Crippen LogP contribution is 2.21. The van der Waals surface area contributed by atoms with Crippen LogP contribution in [-0.4, -0.2) is 34.9 Å². The molecule has 0 bridgehead atoms. The van der Waals surface area contributed by atoms with Crippen LogP contribution in [0.5, 0.6) is 0 Å². The minimum Gasteiger partial charge on any atom is -0.409 e. The van der Waals surface area contributed by atoms with Crippen molar-refractivity contribution in [3.05, 3.63) is 33.1 Å². The summed E-state index contributed by atoms with van der Waals surface area (Å²) in [6, 6.07) is 4.10. The van der Waals surface area contributed by atoms with Gasteiger partial charge < -0.3 is 15.8 Å². The van der Waals surface area contributed by atoms with Gasteiger partial charge in [0.1, 0.15) is 11.7 Å². The van der Waals surface area contributed by atoms with Crippen molar-refractivity contribution >= 4 is 34.3 Å². The molecule has 0 radical (unpaired) electrons. The molecule has 7 heteroatoms. The van der Waals surface area contributed by atoms with E-state index < -0.39 is 0 Å². The Hall–Kier alpha value is -1.38. The molecule has 108 valence electrons. The van der Waals surface area contributed by atoms with Gasteiger partial charge >= 0.3 is 0 Å². The van der Waals surface area contributed by atoms with Gasteiger partial charge in [-0.2, -0.15) is 0 Å². The van der Waals surface area contributed by atoms with Crippen LogP contribution in [0.3, 0.4) is 0 Å². The Morgan fingerprint density at radius 2 is 2.30 bits per heavy atom. The predicted molar refractivity (Wildman–Crippen MR) is 81.2 cm³/mol. The van der Waals surface area contributed by atoms with Gasteiger partial charge in [0.25, 0.3) is 5.91 Å².